The number of nitrogen functional groups attached to an aromatic ring is 1. The van der Waals surface area contributed by atoms with E-state index in [0.29, 0.717) is 16.9 Å². The number of anilines is 1. The van der Waals surface area contributed by atoms with Crippen molar-refractivity contribution >= 4 is 16.6 Å². The Morgan fingerprint density at radius 1 is 1.05 bits per heavy atom. The van der Waals surface area contributed by atoms with Gasteiger partial charge in [0.1, 0.15) is 5.82 Å². The highest BCUT2D eigenvalue weighted by Gasteiger charge is 2.11. The standard InChI is InChI=1S/C15H13N3O/c1-18-13-9-5-3-7-11(13)15(19)17-14(18)10-6-2-4-8-12(10)16/h2-9H,16H2,1H3. The van der Waals surface area contributed by atoms with Crippen molar-refractivity contribution in [2.24, 2.45) is 7.05 Å². The molecule has 0 saturated carbocycles. The molecule has 3 aromatic rings. The monoisotopic (exact) mass is 251 g/mol. The number of nitrogens with zero attached hydrogens (tertiary/aromatic N) is 2. The first-order chi connectivity index (χ1) is 9.18. The van der Waals surface area contributed by atoms with E-state index in [2.05, 4.69) is 4.98 Å². The van der Waals surface area contributed by atoms with Gasteiger partial charge in [0, 0.05) is 18.3 Å². The van der Waals surface area contributed by atoms with E-state index in [1.165, 1.54) is 0 Å². The molecule has 1 heterocycles. The predicted octanol–water partition coefficient (Wildman–Crippen LogP) is 2.18. The van der Waals surface area contributed by atoms with Crippen LogP contribution < -0.4 is 11.3 Å². The smallest absolute Gasteiger partial charge is 0.281 e. The van der Waals surface area contributed by atoms with Gasteiger partial charge in [-0.3, -0.25) is 4.79 Å². The second-order valence-electron chi connectivity index (χ2n) is 4.40. The van der Waals surface area contributed by atoms with E-state index in [0.717, 1.165) is 11.1 Å². The average molecular weight is 251 g/mol. The SMILES string of the molecule is Cn1c(-c2ccccc2N)nc(=O)c2ccccc21. The molecular weight excluding hydrogens is 238 g/mol. The van der Waals surface area contributed by atoms with Crippen molar-refractivity contribution in [3.05, 3.63) is 58.9 Å². The number of hydrogen-bond acceptors (Lipinski definition) is 3. The van der Waals surface area contributed by atoms with Gasteiger partial charge >= 0.3 is 0 Å². The maximum atomic E-state index is 12.1. The summed E-state index contributed by atoms with van der Waals surface area (Å²) in [6, 6.07) is 14.8. The zero-order valence-corrected chi connectivity index (χ0v) is 10.5. The molecule has 0 aliphatic heterocycles. The van der Waals surface area contributed by atoms with Crippen LogP contribution in [0.25, 0.3) is 22.3 Å². The third-order valence-corrected chi connectivity index (χ3v) is 3.22. The van der Waals surface area contributed by atoms with Gasteiger partial charge in [-0.05, 0) is 24.3 Å². The third kappa shape index (κ3) is 1.78. The molecule has 19 heavy (non-hydrogen) atoms. The summed E-state index contributed by atoms with van der Waals surface area (Å²) in [6.07, 6.45) is 0. The van der Waals surface area contributed by atoms with Crippen LogP contribution in [0.15, 0.2) is 53.3 Å². The van der Waals surface area contributed by atoms with Gasteiger partial charge < -0.3 is 10.3 Å². The molecule has 4 heteroatoms. The largest absolute Gasteiger partial charge is 0.398 e. The lowest BCUT2D eigenvalue weighted by Crippen LogP contribution is -2.14. The van der Waals surface area contributed by atoms with Crippen LogP contribution in [0.3, 0.4) is 0 Å². The number of para-hydroxylation sites is 2. The predicted molar refractivity (Wildman–Crippen MR) is 76.8 cm³/mol. The fraction of sp³-hybridized carbons (Fsp3) is 0.0667. The lowest BCUT2D eigenvalue weighted by molar-refractivity contribution is 0.916. The molecule has 0 spiro atoms. The van der Waals surface area contributed by atoms with Gasteiger partial charge in [0.15, 0.2) is 0 Å². The Bertz CT molecular complexity index is 821. The summed E-state index contributed by atoms with van der Waals surface area (Å²) in [5, 5.41) is 0.614. The average Bonchev–Trinajstić information content (AvgIpc) is 2.44. The second-order valence-corrected chi connectivity index (χ2v) is 4.40. The van der Waals surface area contributed by atoms with Crippen molar-refractivity contribution in [2.45, 2.75) is 0 Å². The summed E-state index contributed by atoms with van der Waals surface area (Å²) in [5.41, 5.74) is 7.96. The highest BCUT2D eigenvalue weighted by atomic mass is 16.1. The number of nitrogens with two attached hydrogens (primary N) is 1. The van der Waals surface area contributed by atoms with Gasteiger partial charge in [0.05, 0.1) is 10.9 Å². The molecule has 0 aliphatic rings. The van der Waals surface area contributed by atoms with Gasteiger partial charge in [-0.15, -0.1) is 0 Å². The Hall–Kier alpha value is -2.62. The summed E-state index contributed by atoms with van der Waals surface area (Å²) in [5.74, 6) is 0.585. The molecule has 0 fully saturated rings. The quantitative estimate of drug-likeness (QED) is 0.674. The molecular formula is C15H13N3O. The summed E-state index contributed by atoms with van der Waals surface area (Å²) in [7, 11) is 1.89. The maximum absolute atomic E-state index is 12.1. The first kappa shape index (κ1) is 11.5. The minimum atomic E-state index is -0.230. The minimum Gasteiger partial charge on any atom is -0.398 e. The molecule has 0 atom stereocenters. The summed E-state index contributed by atoms with van der Waals surface area (Å²) < 4.78 is 1.89. The van der Waals surface area contributed by atoms with E-state index < -0.39 is 0 Å². The molecule has 0 unspecified atom stereocenters. The molecule has 4 nitrogen and oxygen atoms in total. The van der Waals surface area contributed by atoms with Crippen molar-refractivity contribution in [3.63, 3.8) is 0 Å². The zero-order chi connectivity index (χ0) is 13.4. The molecule has 3 rings (SSSR count). The van der Waals surface area contributed by atoms with Gasteiger partial charge in [-0.1, -0.05) is 24.3 Å². The van der Waals surface area contributed by atoms with E-state index in [1.807, 2.05) is 48.0 Å². The van der Waals surface area contributed by atoms with Crippen LogP contribution >= 0.6 is 0 Å². The number of aryl methyl sites for hydroxylation is 1. The Labute approximate surface area is 110 Å². The highest BCUT2D eigenvalue weighted by Crippen LogP contribution is 2.24. The molecule has 2 aromatic carbocycles. The summed E-state index contributed by atoms with van der Waals surface area (Å²) in [4.78, 5) is 16.2. The van der Waals surface area contributed by atoms with E-state index in [9.17, 15) is 4.79 Å². The van der Waals surface area contributed by atoms with E-state index >= 15 is 0 Å². The fourth-order valence-corrected chi connectivity index (χ4v) is 2.23. The first-order valence-corrected chi connectivity index (χ1v) is 5.99. The van der Waals surface area contributed by atoms with Crippen LogP contribution in [0.2, 0.25) is 0 Å². The lowest BCUT2D eigenvalue weighted by atomic mass is 10.1. The Balaban J connectivity index is 2.41. The van der Waals surface area contributed by atoms with Crippen LogP contribution in [0.5, 0.6) is 0 Å². The van der Waals surface area contributed by atoms with Crippen molar-refractivity contribution in [1.29, 1.82) is 0 Å². The van der Waals surface area contributed by atoms with Gasteiger partial charge in [0.2, 0.25) is 0 Å². The van der Waals surface area contributed by atoms with Crippen molar-refractivity contribution in [1.82, 2.24) is 9.55 Å². The van der Waals surface area contributed by atoms with Crippen LogP contribution in [-0.2, 0) is 7.05 Å². The topological polar surface area (TPSA) is 60.9 Å². The van der Waals surface area contributed by atoms with Gasteiger partial charge in [-0.2, -0.15) is 4.98 Å². The van der Waals surface area contributed by atoms with E-state index in [4.69, 9.17) is 5.73 Å². The van der Waals surface area contributed by atoms with Crippen LogP contribution in [0.1, 0.15) is 0 Å². The molecule has 0 aliphatic carbocycles. The van der Waals surface area contributed by atoms with Crippen LogP contribution in [-0.4, -0.2) is 9.55 Å². The lowest BCUT2D eigenvalue weighted by Gasteiger charge is -2.12. The highest BCUT2D eigenvalue weighted by molar-refractivity contribution is 5.82. The minimum absolute atomic E-state index is 0.230. The summed E-state index contributed by atoms with van der Waals surface area (Å²) in [6.45, 7) is 0. The van der Waals surface area contributed by atoms with Crippen LogP contribution in [0, 0.1) is 0 Å². The van der Waals surface area contributed by atoms with E-state index in [-0.39, 0.29) is 5.56 Å². The Morgan fingerprint density at radius 2 is 1.74 bits per heavy atom. The molecule has 0 radical (unpaired) electrons. The zero-order valence-electron chi connectivity index (χ0n) is 10.5. The molecule has 1 aromatic heterocycles. The van der Waals surface area contributed by atoms with Gasteiger partial charge in [-0.25, -0.2) is 0 Å². The number of benzene rings is 2. The maximum Gasteiger partial charge on any atom is 0.281 e. The fourth-order valence-electron chi connectivity index (χ4n) is 2.23. The number of aromatic nitrogens is 2. The molecule has 0 bridgehead atoms. The molecule has 94 valence electrons. The van der Waals surface area contributed by atoms with Gasteiger partial charge in [0.25, 0.3) is 5.56 Å². The second kappa shape index (κ2) is 4.24. The van der Waals surface area contributed by atoms with Crippen molar-refractivity contribution < 1.29 is 0 Å². The van der Waals surface area contributed by atoms with Crippen LogP contribution in [0.4, 0.5) is 5.69 Å². The molecule has 2 N–H and O–H groups in total. The van der Waals surface area contributed by atoms with Crippen molar-refractivity contribution in [3.8, 4) is 11.4 Å². The number of fused-ring (bicyclic) bond motifs is 1. The third-order valence-electron chi connectivity index (χ3n) is 3.22. The Kier molecular flexibility index (Phi) is 2.56. The van der Waals surface area contributed by atoms with E-state index in [1.54, 1.807) is 12.1 Å². The number of hydrogen-bond donors (Lipinski definition) is 1. The molecule has 0 amide bonds. The molecule has 0 saturated heterocycles. The number of rotatable bonds is 1. The van der Waals surface area contributed by atoms with Crippen molar-refractivity contribution in [2.75, 3.05) is 5.73 Å². The first-order valence-electron chi connectivity index (χ1n) is 5.99. The Morgan fingerprint density at radius 3 is 2.53 bits per heavy atom. The summed E-state index contributed by atoms with van der Waals surface area (Å²) >= 11 is 0. The normalized spacial score (nSPS) is 10.8.